The molecule has 0 saturated heterocycles. The molecule has 0 saturated carbocycles. The lowest BCUT2D eigenvalue weighted by molar-refractivity contribution is 0.0650. The van der Waals surface area contributed by atoms with Gasteiger partial charge in [-0.25, -0.2) is 0 Å². The lowest BCUT2D eigenvalue weighted by atomic mass is 10.7. The number of hydrogen-bond donors (Lipinski definition) is 4. The Morgan fingerprint density at radius 2 is 1.29 bits per heavy atom. The van der Waals surface area contributed by atoms with Crippen LogP contribution in [0, 0.1) is 0 Å². The van der Waals surface area contributed by atoms with E-state index in [0.29, 0.717) is 13.2 Å². The molecule has 4 N–H and O–H groups in total. The molecular weight excluding hydrogens is 238 g/mol. The lowest BCUT2D eigenvalue weighted by Crippen LogP contribution is -2.03. The molecule has 2 atom stereocenters. The van der Waals surface area contributed by atoms with Crippen molar-refractivity contribution in [3.63, 3.8) is 0 Å². The molecule has 0 aliphatic rings. The van der Waals surface area contributed by atoms with Crippen molar-refractivity contribution in [3.8, 4) is 0 Å². The van der Waals surface area contributed by atoms with Crippen molar-refractivity contribution < 1.29 is 38.2 Å². The van der Waals surface area contributed by atoms with Gasteiger partial charge < -0.3 is 14.9 Å². The average Bonchev–Trinajstić information content (AvgIpc) is 2.04. The Bertz CT molecular complexity index is 145. The molecule has 14 heavy (non-hydrogen) atoms. The molecule has 0 aliphatic heterocycles. The molecule has 0 amide bonds. The Labute approximate surface area is 82.0 Å². The third-order valence-electron chi connectivity index (χ3n) is 0.611. The second-order valence-corrected chi connectivity index (χ2v) is 3.22. The van der Waals surface area contributed by atoms with Gasteiger partial charge in [0.1, 0.15) is 0 Å². The molecule has 0 aromatic carbocycles. The van der Waals surface area contributed by atoms with Gasteiger partial charge >= 0.3 is 16.5 Å². The first-order valence-corrected chi connectivity index (χ1v) is 5.60. The van der Waals surface area contributed by atoms with Crippen molar-refractivity contribution in [3.05, 3.63) is 0 Å². The summed E-state index contributed by atoms with van der Waals surface area (Å²) in [6.07, 6.45) is 0. The third kappa shape index (κ3) is 22.7. The van der Waals surface area contributed by atoms with Gasteiger partial charge in [0, 0.05) is 9.13 Å². The van der Waals surface area contributed by atoms with Crippen molar-refractivity contribution in [1.29, 1.82) is 0 Å². The molecule has 0 heterocycles. The van der Waals surface area contributed by atoms with E-state index in [0.717, 1.165) is 0 Å². The largest absolute Gasteiger partial charge is 0.745 e. The van der Waals surface area contributed by atoms with E-state index in [9.17, 15) is 9.13 Å². The normalized spacial score (nSPS) is 11.4. The first-order chi connectivity index (χ1) is 6.54. The minimum Gasteiger partial charge on any atom is -0.394 e. The summed E-state index contributed by atoms with van der Waals surface area (Å²) in [6, 6.07) is 0. The van der Waals surface area contributed by atoms with Gasteiger partial charge in [-0.2, -0.15) is 0 Å². The van der Waals surface area contributed by atoms with Crippen LogP contribution in [-0.4, -0.2) is 46.4 Å². The summed E-state index contributed by atoms with van der Waals surface area (Å²) >= 11 is 0. The highest BCUT2D eigenvalue weighted by atomic mass is 31.2. The molecule has 0 fully saturated rings. The molecule has 10 heteroatoms. The molecular formula is C4H12O8P2+2. The quantitative estimate of drug-likeness (QED) is 0.359. The van der Waals surface area contributed by atoms with Crippen molar-refractivity contribution in [2.75, 3.05) is 26.4 Å². The van der Waals surface area contributed by atoms with Crippen LogP contribution in [0.3, 0.4) is 0 Å². The minimum absolute atomic E-state index is 0.0278. The van der Waals surface area contributed by atoms with Crippen molar-refractivity contribution in [2.24, 2.45) is 0 Å². The summed E-state index contributed by atoms with van der Waals surface area (Å²) < 4.78 is 26.8. The number of aliphatic hydroxyl groups excluding tert-OH is 2. The summed E-state index contributed by atoms with van der Waals surface area (Å²) in [5, 5.41) is 16.2. The molecule has 0 radical (unpaired) electrons. The van der Waals surface area contributed by atoms with Crippen LogP contribution in [0.1, 0.15) is 0 Å². The van der Waals surface area contributed by atoms with Crippen LogP contribution in [0.25, 0.3) is 0 Å². The van der Waals surface area contributed by atoms with Gasteiger partial charge in [0.05, 0.1) is 26.4 Å². The van der Waals surface area contributed by atoms with Crippen LogP contribution in [-0.2, 0) is 18.2 Å². The smallest absolute Gasteiger partial charge is 0.394 e. The Hall–Kier alpha value is -0.0400. The number of hydrogen-bond acceptors (Lipinski definition) is 6. The van der Waals surface area contributed by atoms with Gasteiger partial charge in [-0.1, -0.05) is 0 Å². The van der Waals surface area contributed by atoms with E-state index in [4.69, 9.17) is 20.0 Å². The second-order valence-electron chi connectivity index (χ2n) is 1.62. The molecule has 0 aromatic rings. The fraction of sp³-hybridized carbons (Fsp3) is 1.00. The monoisotopic (exact) mass is 250 g/mol. The van der Waals surface area contributed by atoms with Gasteiger partial charge in [-0.3, -0.25) is 0 Å². The van der Waals surface area contributed by atoms with Crippen LogP contribution in [0.2, 0.25) is 0 Å². The van der Waals surface area contributed by atoms with Crippen LogP contribution in [0.15, 0.2) is 0 Å². The Balaban J connectivity index is 0. The number of aliphatic hydroxyl groups is 2. The zero-order valence-corrected chi connectivity index (χ0v) is 8.93. The van der Waals surface area contributed by atoms with Crippen LogP contribution < -0.4 is 0 Å². The second kappa shape index (κ2) is 13.0. The van der Waals surface area contributed by atoms with Crippen LogP contribution in [0.4, 0.5) is 0 Å². The summed E-state index contributed by atoms with van der Waals surface area (Å²) in [5.74, 6) is 0. The van der Waals surface area contributed by atoms with E-state index < -0.39 is 16.5 Å². The molecule has 2 unspecified atom stereocenters. The summed E-state index contributed by atoms with van der Waals surface area (Å²) in [5.41, 5.74) is 0. The van der Waals surface area contributed by atoms with Crippen LogP contribution in [0.5, 0.6) is 0 Å². The molecule has 0 spiro atoms. The molecule has 0 bridgehead atoms. The Morgan fingerprint density at radius 3 is 1.43 bits per heavy atom. The van der Waals surface area contributed by atoms with E-state index in [1.807, 2.05) is 0 Å². The highest BCUT2D eigenvalue weighted by Crippen LogP contribution is 2.30. The highest BCUT2D eigenvalue weighted by molar-refractivity contribution is 7.46. The maximum atomic E-state index is 9.39. The van der Waals surface area contributed by atoms with E-state index in [2.05, 4.69) is 9.05 Å². The number of rotatable bonds is 6. The minimum atomic E-state index is -2.92. The molecule has 0 aliphatic carbocycles. The Morgan fingerprint density at radius 1 is 0.929 bits per heavy atom. The summed E-state index contributed by atoms with van der Waals surface area (Å²) in [6.45, 7) is 0.696. The topological polar surface area (TPSA) is 134 Å². The van der Waals surface area contributed by atoms with Crippen molar-refractivity contribution >= 4 is 16.5 Å². The maximum Gasteiger partial charge on any atom is 0.745 e. The number of ether oxygens (including phenoxy) is 1. The van der Waals surface area contributed by atoms with Crippen molar-refractivity contribution in [2.45, 2.75) is 0 Å². The van der Waals surface area contributed by atoms with Gasteiger partial charge in [0.15, 0.2) is 4.31 Å². The highest BCUT2D eigenvalue weighted by Gasteiger charge is 2.31. The molecule has 0 aromatic heterocycles. The SMILES string of the molecule is O=[P+](O)O[P+](=O)O.OCCOCCO. The van der Waals surface area contributed by atoms with Crippen molar-refractivity contribution in [1.82, 2.24) is 0 Å². The van der Waals surface area contributed by atoms with Gasteiger partial charge in [-0.05, 0) is 0 Å². The fourth-order valence-corrected chi connectivity index (χ4v) is 0.769. The maximum absolute atomic E-state index is 9.39. The predicted octanol–water partition coefficient (Wildman–Crippen LogP) is -0.710. The van der Waals surface area contributed by atoms with Gasteiger partial charge in [-0.15, -0.1) is 9.79 Å². The molecule has 0 rings (SSSR count). The first-order valence-electron chi connectivity index (χ1n) is 3.34. The zero-order valence-electron chi connectivity index (χ0n) is 7.14. The molecule has 84 valence electrons. The van der Waals surface area contributed by atoms with Crippen LogP contribution >= 0.6 is 16.5 Å². The fourth-order valence-electron chi connectivity index (χ4n) is 0.291. The summed E-state index contributed by atoms with van der Waals surface area (Å²) in [4.78, 5) is 15.3. The Kier molecular flexibility index (Phi) is 15.2. The average molecular weight is 250 g/mol. The molecule has 8 nitrogen and oxygen atoms in total. The lowest BCUT2D eigenvalue weighted by Gasteiger charge is -1.94. The third-order valence-corrected chi connectivity index (χ3v) is 1.73. The first kappa shape index (κ1) is 16.4. The van der Waals surface area contributed by atoms with E-state index in [1.165, 1.54) is 0 Å². The van der Waals surface area contributed by atoms with E-state index in [-0.39, 0.29) is 13.2 Å². The van der Waals surface area contributed by atoms with Gasteiger partial charge in [0.25, 0.3) is 0 Å². The zero-order chi connectivity index (χ0) is 11.4. The standard InChI is InChI=1S/C4H10O3.O5P2/c5-1-3-7-4-2-6;1-6(2)5-7(3)4/h5-6H,1-4H2;/p+2. The predicted molar refractivity (Wildman–Crippen MR) is 45.7 cm³/mol. The van der Waals surface area contributed by atoms with Gasteiger partial charge in [0.2, 0.25) is 0 Å². The summed E-state index contributed by atoms with van der Waals surface area (Å²) in [7, 11) is -5.85. The van der Waals surface area contributed by atoms with E-state index in [1.54, 1.807) is 0 Å². The van der Waals surface area contributed by atoms with E-state index >= 15 is 0 Å².